The second kappa shape index (κ2) is 8.61. The Balaban J connectivity index is 4.47. The van der Waals surface area contributed by atoms with Crippen molar-refractivity contribution in [3.63, 3.8) is 0 Å². The van der Waals surface area contributed by atoms with Crippen LogP contribution >= 0.6 is 0 Å². The lowest BCUT2D eigenvalue weighted by molar-refractivity contribution is -0.135. The third kappa shape index (κ3) is 6.08. The van der Waals surface area contributed by atoms with Crippen molar-refractivity contribution in [3.8, 4) is 0 Å². The number of carbonyl (C=O) groups is 2. The molecular weight excluding hydrogens is 274 g/mol. The third-order valence-corrected chi connectivity index (χ3v) is 2.53. The summed E-state index contributed by atoms with van der Waals surface area (Å²) in [6.07, 6.45) is -5.40. The monoisotopic (exact) mass is 293 g/mol. The van der Waals surface area contributed by atoms with Crippen molar-refractivity contribution in [1.29, 1.82) is 0 Å². The first-order chi connectivity index (χ1) is 9.20. The molecule has 1 amide bonds. The number of carboxylic acid groups (broad SMARTS) is 1. The molecule has 0 aliphatic rings. The highest BCUT2D eigenvalue weighted by Gasteiger charge is 2.31. The topological polar surface area (TPSA) is 159 Å². The fourth-order valence-electron chi connectivity index (χ4n) is 1.31. The lowest BCUT2D eigenvalue weighted by atomic mass is 10.0. The molecule has 6 N–H and O–H groups in total. The first-order valence-corrected chi connectivity index (χ1v) is 5.70. The second-order valence-electron chi connectivity index (χ2n) is 4.19. The summed E-state index contributed by atoms with van der Waals surface area (Å²) in [5, 5.41) is 54.5. The first-order valence-electron chi connectivity index (χ1n) is 5.70. The van der Waals surface area contributed by atoms with Gasteiger partial charge in [-0.25, -0.2) is 4.79 Å². The molecule has 0 aliphatic carbocycles. The van der Waals surface area contributed by atoms with Gasteiger partial charge in [0.15, 0.2) is 0 Å². The molecule has 0 saturated heterocycles. The molecule has 4 atom stereocenters. The maximum Gasteiger partial charge on any atom is 0.328 e. The van der Waals surface area contributed by atoms with Gasteiger partial charge < -0.3 is 35.5 Å². The van der Waals surface area contributed by atoms with E-state index in [9.17, 15) is 24.9 Å². The summed E-state index contributed by atoms with van der Waals surface area (Å²) in [5.41, 5.74) is 0. The highest BCUT2D eigenvalue weighted by molar-refractivity contribution is 5.93. The van der Waals surface area contributed by atoms with E-state index in [0.29, 0.717) is 6.08 Å². The van der Waals surface area contributed by atoms with Crippen LogP contribution in [0.1, 0.15) is 0 Å². The fraction of sp³-hybridized carbons (Fsp3) is 0.636. The summed E-state index contributed by atoms with van der Waals surface area (Å²) >= 11 is 0. The number of carbonyl (C=O) groups excluding carboxylic acids is 1. The van der Waals surface area contributed by atoms with Gasteiger partial charge >= 0.3 is 5.97 Å². The molecule has 0 aromatic carbocycles. The second-order valence-corrected chi connectivity index (χ2v) is 4.19. The Morgan fingerprint density at radius 1 is 1.05 bits per heavy atom. The van der Waals surface area contributed by atoms with Crippen molar-refractivity contribution >= 4 is 11.9 Å². The molecule has 0 radical (unpaired) electrons. The summed E-state index contributed by atoms with van der Waals surface area (Å²) < 4.78 is 0. The average molecular weight is 293 g/mol. The zero-order chi connectivity index (χ0) is 15.9. The van der Waals surface area contributed by atoms with Crippen molar-refractivity contribution < 1.29 is 40.2 Å². The summed E-state index contributed by atoms with van der Waals surface area (Å²) in [5.74, 6) is -2.04. The van der Waals surface area contributed by atoms with Crippen molar-refractivity contribution in [1.82, 2.24) is 4.90 Å². The van der Waals surface area contributed by atoms with Crippen LogP contribution < -0.4 is 0 Å². The van der Waals surface area contributed by atoms with Gasteiger partial charge in [0.1, 0.15) is 24.4 Å². The van der Waals surface area contributed by atoms with E-state index in [1.807, 2.05) is 0 Å². The Morgan fingerprint density at radius 3 is 2.00 bits per heavy atom. The molecule has 0 saturated carbocycles. The molecule has 0 aromatic rings. The average Bonchev–Trinajstić information content (AvgIpc) is 2.41. The zero-order valence-corrected chi connectivity index (χ0v) is 10.8. The fourth-order valence-corrected chi connectivity index (χ4v) is 1.31. The van der Waals surface area contributed by atoms with E-state index in [1.165, 1.54) is 7.05 Å². The number of nitrogens with zero attached hydrogens (tertiary/aromatic N) is 1. The van der Waals surface area contributed by atoms with Crippen LogP contribution in [-0.4, -0.2) is 92.0 Å². The summed E-state index contributed by atoms with van der Waals surface area (Å²) in [6, 6.07) is 0. The number of likely N-dealkylation sites (N-methyl/N-ethyl adjacent to an activating group) is 1. The van der Waals surface area contributed by atoms with E-state index in [1.54, 1.807) is 0 Å². The Hall–Kier alpha value is -1.52. The number of rotatable bonds is 8. The van der Waals surface area contributed by atoms with Crippen molar-refractivity contribution in [2.45, 2.75) is 24.4 Å². The van der Waals surface area contributed by atoms with Gasteiger partial charge in [-0.2, -0.15) is 0 Å². The molecule has 116 valence electrons. The van der Waals surface area contributed by atoms with E-state index >= 15 is 0 Å². The largest absolute Gasteiger partial charge is 0.478 e. The van der Waals surface area contributed by atoms with Crippen LogP contribution in [0.15, 0.2) is 12.2 Å². The Morgan fingerprint density at radius 2 is 1.55 bits per heavy atom. The molecule has 9 nitrogen and oxygen atoms in total. The molecule has 9 heteroatoms. The number of amides is 1. The normalized spacial score (nSPS) is 17.5. The molecule has 0 aliphatic heterocycles. The van der Waals surface area contributed by atoms with Gasteiger partial charge in [0, 0.05) is 25.7 Å². The maximum atomic E-state index is 11.4. The smallest absolute Gasteiger partial charge is 0.328 e. The molecule has 0 heterocycles. The molecular formula is C11H19NO8. The highest BCUT2D eigenvalue weighted by atomic mass is 16.4. The van der Waals surface area contributed by atoms with Gasteiger partial charge in [-0.1, -0.05) is 0 Å². The SMILES string of the molecule is CN(C[C@H](O)[C@@H](O)[C@H](O)[C@H](O)CO)C(=O)/C=C/C(=O)O. The van der Waals surface area contributed by atoms with E-state index in [2.05, 4.69) is 0 Å². The van der Waals surface area contributed by atoms with Gasteiger partial charge in [-0.3, -0.25) is 4.79 Å². The minimum atomic E-state index is -1.78. The van der Waals surface area contributed by atoms with Gasteiger partial charge in [0.2, 0.25) is 5.91 Å². The lowest BCUT2D eigenvalue weighted by Crippen LogP contribution is -2.49. The molecule has 0 unspecified atom stereocenters. The quantitative estimate of drug-likeness (QED) is 0.252. The molecule has 0 fully saturated rings. The number of hydrogen-bond acceptors (Lipinski definition) is 7. The Kier molecular flexibility index (Phi) is 7.96. The first kappa shape index (κ1) is 18.5. The number of hydrogen-bond donors (Lipinski definition) is 6. The molecule has 0 rings (SSSR count). The van der Waals surface area contributed by atoms with Crippen LogP contribution in [0.5, 0.6) is 0 Å². The zero-order valence-electron chi connectivity index (χ0n) is 10.8. The maximum absolute atomic E-state index is 11.4. The van der Waals surface area contributed by atoms with Crippen LogP contribution in [0, 0.1) is 0 Å². The standard InChI is InChI=1S/C11H19NO8/c1-12(8(16)2-3-9(17)18)4-6(14)10(19)11(20)7(15)5-13/h2-3,6-7,10-11,13-15,19-20H,4-5H2,1H3,(H,17,18)/b3-2+/t6-,7+,10+,11+/m0/s1. The molecule has 0 aromatic heterocycles. The number of carboxylic acids is 1. The van der Waals surface area contributed by atoms with Gasteiger partial charge in [-0.15, -0.1) is 0 Å². The van der Waals surface area contributed by atoms with Crippen LogP contribution in [0.25, 0.3) is 0 Å². The highest BCUT2D eigenvalue weighted by Crippen LogP contribution is 2.06. The van der Waals surface area contributed by atoms with Gasteiger partial charge in [0.05, 0.1) is 6.61 Å². The minimum absolute atomic E-state index is 0.404. The van der Waals surface area contributed by atoms with Crippen LogP contribution in [0.2, 0.25) is 0 Å². The number of aliphatic carboxylic acids is 1. The summed E-state index contributed by atoms with van der Waals surface area (Å²) in [4.78, 5) is 22.5. The third-order valence-electron chi connectivity index (χ3n) is 2.53. The summed E-state index contributed by atoms with van der Waals surface area (Å²) in [7, 11) is 1.25. The molecule has 20 heavy (non-hydrogen) atoms. The summed E-state index contributed by atoms with van der Waals surface area (Å²) in [6.45, 7) is -1.21. The predicted octanol–water partition coefficient (Wildman–Crippen LogP) is -3.48. The van der Waals surface area contributed by atoms with Crippen molar-refractivity contribution in [2.75, 3.05) is 20.2 Å². The van der Waals surface area contributed by atoms with Crippen molar-refractivity contribution in [2.24, 2.45) is 0 Å². The van der Waals surface area contributed by atoms with E-state index in [4.69, 9.17) is 15.3 Å². The van der Waals surface area contributed by atoms with E-state index in [-0.39, 0.29) is 0 Å². The Labute approximate surface area is 115 Å². The van der Waals surface area contributed by atoms with Crippen LogP contribution in [0.4, 0.5) is 0 Å². The lowest BCUT2D eigenvalue weighted by Gasteiger charge is -2.28. The van der Waals surface area contributed by atoms with Crippen LogP contribution in [-0.2, 0) is 9.59 Å². The Bertz CT molecular complexity index is 358. The molecule has 0 bridgehead atoms. The van der Waals surface area contributed by atoms with Crippen LogP contribution in [0.3, 0.4) is 0 Å². The number of aliphatic hydroxyl groups excluding tert-OH is 5. The predicted molar refractivity (Wildman–Crippen MR) is 65.5 cm³/mol. The van der Waals surface area contributed by atoms with E-state index in [0.717, 1.165) is 11.0 Å². The minimum Gasteiger partial charge on any atom is -0.478 e. The number of aliphatic hydroxyl groups is 5. The van der Waals surface area contributed by atoms with Gasteiger partial charge in [-0.05, 0) is 0 Å². The van der Waals surface area contributed by atoms with Gasteiger partial charge in [0.25, 0.3) is 0 Å². The molecule has 0 spiro atoms. The van der Waals surface area contributed by atoms with E-state index < -0.39 is 49.4 Å². The van der Waals surface area contributed by atoms with Crippen molar-refractivity contribution in [3.05, 3.63) is 12.2 Å².